The van der Waals surface area contributed by atoms with Crippen LogP contribution in [0.1, 0.15) is 92.9 Å². The van der Waals surface area contributed by atoms with Crippen LogP contribution in [0.2, 0.25) is 0 Å². The van der Waals surface area contributed by atoms with Crippen LogP contribution in [0.4, 0.5) is 0 Å². The molecule has 0 atom stereocenters. The lowest BCUT2D eigenvalue weighted by atomic mass is 10.1. The molecule has 4 heteroatoms. The highest BCUT2D eigenvalue weighted by molar-refractivity contribution is 6.03. The third-order valence-corrected chi connectivity index (χ3v) is 4.28. The summed E-state index contributed by atoms with van der Waals surface area (Å²) in [5.41, 5.74) is 0.561. The fraction of sp³-hybridized carbons (Fsp3) is 0.636. The summed E-state index contributed by atoms with van der Waals surface area (Å²) in [6.07, 6.45) is 8.97. The molecule has 26 heavy (non-hydrogen) atoms. The summed E-state index contributed by atoms with van der Waals surface area (Å²) in [6, 6.07) is 6.69. The first-order valence-electron chi connectivity index (χ1n) is 9.99. The molecule has 1 rings (SSSR count). The maximum Gasteiger partial charge on any atom is 0.339 e. The Bertz CT molecular complexity index is 537. The smallest absolute Gasteiger partial charge is 0.339 e. The average Bonchev–Trinajstić information content (AvgIpc) is 2.63. The van der Waals surface area contributed by atoms with E-state index in [2.05, 4.69) is 20.8 Å². The van der Waals surface area contributed by atoms with Gasteiger partial charge in [-0.2, -0.15) is 0 Å². The van der Waals surface area contributed by atoms with Gasteiger partial charge in [0.1, 0.15) is 0 Å². The van der Waals surface area contributed by atoms with E-state index in [4.69, 9.17) is 9.47 Å². The van der Waals surface area contributed by atoms with Crippen molar-refractivity contribution in [1.29, 1.82) is 0 Å². The van der Waals surface area contributed by atoms with Crippen LogP contribution in [0.5, 0.6) is 0 Å². The predicted molar refractivity (Wildman–Crippen MR) is 104 cm³/mol. The molecule has 0 amide bonds. The van der Waals surface area contributed by atoms with E-state index in [1.165, 1.54) is 32.1 Å². The second-order valence-electron chi connectivity index (χ2n) is 7.12. The second kappa shape index (κ2) is 13.4. The van der Waals surface area contributed by atoms with Crippen molar-refractivity contribution < 1.29 is 19.1 Å². The Labute approximate surface area is 158 Å². The summed E-state index contributed by atoms with van der Waals surface area (Å²) >= 11 is 0. The van der Waals surface area contributed by atoms with E-state index >= 15 is 0 Å². The van der Waals surface area contributed by atoms with Gasteiger partial charge in [0.05, 0.1) is 24.3 Å². The molecule has 0 fully saturated rings. The van der Waals surface area contributed by atoms with Crippen molar-refractivity contribution in [3.63, 3.8) is 0 Å². The zero-order valence-electron chi connectivity index (χ0n) is 16.6. The molecule has 0 aliphatic heterocycles. The monoisotopic (exact) mass is 362 g/mol. The molecule has 146 valence electrons. The van der Waals surface area contributed by atoms with Gasteiger partial charge in [-0.15, -0.1) is 0 Å². The van der Waals surface area contributed by atoms with Gasteiger partial charge in [-0.1, -0.05) is 71.4 Å². The SMILES string of the molecule is CCCCCCCCCOC(=O)c1ccccc1C(=O)OCCC(C)C. The van der Waals surface area contributed by atoms with Crippen molar-refractivity contribution in [2.24, 2.45) is 5.92 Å². The standard InChI is InChI=1S/C22H34O4/c1-4-5-6-7-8-9-12-16-25-21(23)19-13-10-11-14-20(19)22(24)26-17-15-18(2)3/h10-11,13-14,18H,4-9,12,15-17H2,1-3H3. The molecule has 0 saturated heterocycles. The minimum absolute atomic E-state index is 0.279. The maximum absolute atomic E-state index is 12.3. The molecular formula is C22H34O4. The minimum Gasteiger partial charge on any atom is -0.462 e. The first-order valence-corrected chi connectivity index (χ1v) is 9.99. The second-order valence-corrected chi connectivity index (χ2v) is 7.12. The van der Waals surface area contributed by atoms with E-state index in [0.29, 0.717) is 19.1 Å². The molecule has 0 unspecified atom stereocenters. The van der Waals surface area contributed by atoms with E-state index < -0.39 is 11.9 Å². The van der Waals surface area contributed by atoms with Gasteiger partial charge in [0, 0.05) is 0 Å². The molecule has 1 aromatic carbocycles. The van der Waals surface area contributed by atoms with Gasteiger partial charge in [-0.3, -0.25) is 0 Å². The van der Waals surface area contributed by atoms with Gasteiger partial charge >= 0.3 is 11.9 Å². The molecule has 0 aliphatic carbocycles. The van der Waals surface area contributed by atoms with E-state index in [0.717, 1.165) is 19.3 Å². The van der Waals surface area contributed by atoms with Crippen molar-refractivity contribution >= 4 is 11.9 Å². The van der Waals surface area contributed by atoms with Crippen LogP contribution in [0.15, 0.2) is 24.3 Å². The van der Waals surface area contributed by atoms with E-state index in [-0.39, 0.29) is 11.1 Å². The maximum atomic E-state index is 12.3. The van der Waals surface area contributed by atoms with Gasteiger partial charge in [0.15, 0.2) is 0 Å². The lowest BCUT2D eigenvalue weighted by molar-refractivity contribution is 0.0445. The Hall–Kier alpha value is -1.84. The number of esters is 2. The number of hydrogen-bond acceptors (Lipinski definition) is 4. The van der Waals surface area contributed by atoms with Crippen LogP contribution in [-0.2, 0) is 9.47 Å². The van der Waals surface area contributed by atoms with E-state index in [1.54, 1.807) is 24.3 Å². The molecule has 0 saturated carbocycles. The lowest BCUT2D eigenvalue weighted by Gasteiger charge is -2.10. The number of benzene rings is 1. The first-order chi connectivity index (χ1) is 12.6. The zero-order valence-corrected chi connectivity index (χ0v) is 16.6. The van der Waals surface area contributed by atoms with E-state index in [1.807, 2.05) is 0 Å². The Morgan fingerprint density at radius 1 is 0.808 bits per heavy atom. The third kappa shape index (κ3) is 9.02. The third-order valence-electron chi connectivity index (χ3n) is 4.28. The van der Waals surface area contributed by atoms with Gasteiger partial charge in [0.25, 0.3) is 0 Å². The normalized spacial score (nSPS) is 10.8. The Balaban J connectivity index is 2.40. The predicted octanol–water partition coefficient (Wildman–Crippen LogP) is 5.80. The van der Waals surface area contributed by atoms with Crippen LogP contribution in [0, 0.1) is 5.92 Å². The summed E-state index contributed by atoms with van der Waals surface area (Å²) in [7, 11) is 0. The highest BCUT2D eigenvalue weighted by Gasteiger charge is 2.18. The van der Waals surface area contributed by atoms with Gasteiger partial charge in [-0.25, -0.2) is 9.59 Å². The number of ether oxygens (including phenoxy) is 2. The highest BCUT2D eigenvalue weighted by Crippen LogP contribution is 2.14. The van der Waals surface area contributed by atoms with Gasteiger partial charge in [-0.05, 0) is 30.9 Å². The Morgan fingerprint density at radius 3 is 1.85 bits per heavy atom. The number of rotatable bonds is 13. The number of hydrogen-bond donors (Lipinski definition) is 0. The quantitative estimate of drug-likeness (QED) is 0.329. The average molecular weight is 363 g/mol. The molecule has 0 bridgehead atoms. The molecule has 0 radical (unpaired) electrons. The van der Waals surface area contributed by atoms with Crippen LogP contribution < -0.4 is 0 Å². The largest absolute Gasteiger partial charge is 0.462 e. The minimum atomic E-state index is -0.464. The summed E-state index contributed by atoms with van der Waals surface area (Å²) in [5.74, 6) is -0.452. The van der Waals surface area contributed by atoms with Crippen molar-refractivity contribution in [2.45, 2.75) is 72.1 Å². The fourth-order valence-electron chi connectivity index (χ4n) is 2.61. The molecule has 4 nitrogen and oxygen atoms in total. The van der Waals surface area contributed by atoms with Crippen LogP contribution in [-0.4, -0.2) is 25.2 Å². The van der Waals surface area contributed by atoms with E-state index in [9.17, 15) is 9.59 Å². The number of unbranched alkanes of at least 4 members (excludes halogenated alkanes) is 6. The van der Waals surface area contributed by atoms with Crippen molar-refractivity contribution in [1.82, 2.24) is 0 Å². The van der Waals surface area contributed by atoms with Crippen molar-refractivity contribution in [2.75, 3.05) is 13.2 Å². The molecule has 0 spiro atoms. The number of carbonyl (C=O) groups excluding carboxylic acids is 2. The first kappa shape index (κ1) is 22.2. The molecule has 0 aliphatic rings. The Morgan fingerprint density at radius 2 is 1.31 bits per heavy atom. The van der Waals surface area contributed by atoms with Crippen molar-refractivity contribution in [3.05, 3.63) is 35.4 Å². The molecule has 0 heterocycles. The van der Waals surface area contributed by atoms with Gasteiger partial charge < -0.3 is 9.47 Å². The molecule has 0 N–H and O–H groups in total. The summed E-state index contributed by atoms with van der Waals surface area (Å²) in [5, 5.41) is 0. The molecule has 0 aromatic heterocycles. The topological polar surface area (TPSA) is 52.6 Å². The summed E-state index contributed by atoms with van der Waals surface area (Å²) < 4.78 is 10.6. The van der Waals surface area contributed by atoms with Crippen LogP contribution >= 0.6 is 0 Å². The molecular weight excluding hydrogens is 328 g/mol. The van der Waals surface area contributed by atoms with Crippen LogP contribution in [0.3, 0.4) is 0 Å². The fourth-order valence-corrected chi connectivity index (χ4v) is 2.61. The van der Waals surface area contributed by atoms with Gasteiger partial charge in [0.2, 0.25) is 0 Å². The summed E-state index contributed by atoms with van der Waals surface area (Å²) in [6.45, 7) is 7.10. The number of carbonyl (C=O) groups is 2. The Kier molecular flexibility index (Phi) is 11.4. The zero-order chi connectivity index (χ0) is 19.2. The van der Waals surface area contributed by atoms with Crippen molar-refractivity contribution in [3.8, 4) is 0 Å². The molecule has 1 aromatic rings. The summed E-state index contributed by atoms with van der Waals surface area (Å²) in [4.78, 5) is 24.5. The lowest BCUT2D eigenvalue weighted by Crippen LogP contribution is -2.15. The van der Waals surface area contributed by atoms with Crippen LogP contribution in [0.25, 0.3) is 0 Å². The highest BCUT2D eigenvalue weighted by atomic mass is 16.5.